The molecule has 0 atom stereocenters. The van der Waals surface area contributed by atoms with Crippen molar-refractivity contribution in [2.24, 2.45) is 0 Å². The van der Waals surface area contributed by atoms with Crippen LogP contribution in [0.4, 0.5) is 11.4 Å². The molecule has 0 saturated carbocycles. The summed E-state index contributed by atoms with van der Waals surface area (Å²) >= 11 is 17.2. The van der Waals surface area contributed by atoms with Gasteiger partial charge in [0.15, 0.2) is 5.11 Å². The van der Waals surface area contributed by atoms with E-state index in [1.54, 1.807) is 36.4 Å². The second kappa shape index (κ2) is 9.80. The van der Waals surface area contributed by atoms with Crippen LogP contribution in [-0.2, 0) is 4.79 Å². The molecule has 1 amide bonds. The molecule has 0 radical (unpaired) electrons. The predicted octanol–water partition coefficient (Wildman–Crippen LogP) is 5.85. The average Bonchev–Trinajstić information content (AvgIpc) is 3.15. The van der Waals surface area contributed by atoms with Crippen LogP contribution in [-0.4, -0.2) is 25.1 Å². The summed E-state index contributed by atoms with van der Waals surface area (Å²) in [5.74, 6) is 0.730. The van der Waals surface area contributed by atoms with Crippen LogP contribution in [0.2, 0.25) is 10.0 Å². The third-order valence-electron chi connectivity index (χ3n) is 4.05. The molecule has 2 aromatic carbocycles. The van der Waals surface area contributed by atoms with Gasteiger partial charge in [0.2, 0.25) is 5.91 Å². The molecule has 2 N–H and O–H groups in total. The number of rotatable bonds is 5. The Kier molecular flexibility index (Phi) is 7.15. The second-order valence-corrected chi connectivity index (χ2v) is 7.86. The van der Waals surface area contributed by atoms with Crippen molar-refractivity contribution in [2.75, 3.05) is 24.3 Å². The maximum absolute atomic E-state index is 12.1. The molecule has 5 nitrogen and oxygen atoms in total. The molecule has 3 aromatic rings. The lowest BCUT2D eigenvalue weighted by Crippen LogP contribution is -2.32. The number of halogens is 2. The molecule has 154 valence electrons. The lowest BCUT2D eigenvalue weighted by Gasteiger charge is -2.13. The third kappa shape index (κ3) is 6.10. The fourth-order valence-corrected chi connectivity index (χ4v) is 3.35. The van der Waals surface area contributed by atoms with E-state index >= 15 is 0 Å². The Morgan fingerprint density at radius 3 is 2.33 bits per heavy atom. The maximum atomic E-state index is 12.1. The number of amides is 1. The highest BCUT2D eigenvalue weighted by atomic mass is 35.5. The van der Waals surface area contributed by atoms with Crippen molar-refractivity contribution in [3.05, 3.63) is 76.5 Å². The molecule has 0 aliphatic carbocycles. The number of hydrogen-bond acceptors (Lipinski definition) is 4. The summed E-state index contributed by atoms with van der Waals surface area (Å²) < 4.78 is 5.72. The first-order valence-electron chi connectivity index (χ1n) is 8.94. The summed E-state index contributed by atoms with van der Waals surface area (Å²) in [6.07, 6.45) is 2.90. The third-order valence-corrected chi connectivity index (χ3v) is 4.69. The van der Waals surface area contributed by atoms with E-state index in [-0.39, 0.29) is 11.0 Å². The number of benzene rings is 2. The van der Waals surface area contributed by atoms with Gasteiger partial charge >= 0.3 is 0 Å². The minimum atomic E-state index is -0.374. The van der Waals surface area contributed by atoms with E-state index in [1.807, 2.05) is 43.3 Å². The summed E-state index contributed by atoms with van der Waals surface area (Å²) in [6, 6.07) is 16.4. The topological polar surface area (TPSA) is 57.5 Å². The zero-order valence-corrected chi connectivity index (χ0v) is 18.6. The van der Waals surface area contributed by atoms with Crippen LogP contribution in [0.1, 0.15) is 5.76 Å². The molecule has 0 unspecified atom stereocenters. The first-order chi connectivity index (χ1) is 14.3. The monoisotopic (exact) mass is 459 g/mol. The lowest BCUT2D eigenvalue weighted by atomic mass is 10.2. The Hall–Kier alpha value is -2.80. The normalized spacial score (nSPS) is 10.8. The smallest absolute Gasteiger partial charge is 0.250 e. The van der Waals surface area contributed by atoms with E-state index in [1.165, 1.54) is 6.08 Å². The van der Waals surface area contributed by atoms with Crippen molar-refractivity contribution in [3.8, 4) is 11.3 Å². The van der Waals surface area contributed by atoms with Crippen molar-refractivity contribution in [1.29, 1.82) is 0 Å². The van der Waals surface area contributed by atoms with Gasteiger partial charge in [0.25, 0.3) is 0 Å². The zero-order valence-electron chi connectivity index (χ0n) is 16.3. The van der Waals surface area contributed by atoms with Crippen molar-refractivity contribution >= 4 is 63.9 Å². The Morgan fingerprint density at radius 2 is 1.70 bits per heavy atom. The van der Waals surface area contributed by atoms with Crippen LogP contribution in [0.25, 0.3) is 17.4 Å². The summed E-state index contributed by atoms with van der Waals surface area (Å²) in [5, 5.41) is 6.81. The summed E-state index contributed by atoms with van der Waals surface area (Å²) in [5.41, 5.74) is 2.60. The molecule has 8 heteroatoms. The number of carbonyl (C=O) groups excluding carboxylic acids is 1. The lowest BCUT2D eigenvalue weighted by molar-refractivity contribution is -0.115. The number of nitrogens with one attached hydrogen (secondary N) is 2. The van der Waals surface area contributed by atoms with Crippen LogP contribution < -0.4 is 15.5 Å². The van der Waals surface area contributed by atoms with Crippen LogP contribution in [0.15, 0.2) is 65.1 Å². The number of hydrogen-bond donors (Lipinski definition) is 2. The summed E-state index contributed by atoms with van der Waals surface area (Å²) in [7, 11) is 3.93. The van der Waals surface area contributed by atoms with E-state index in [9.17, 15) is 4.79 Å². The predicted molar refractivity (Wildman–Crippen MR) is 128 cm³/mol. The number of furan rings is 1. The molecule has 1 heterocycles. The van der Waals surface area contributed by atoms with Crippen molar-refractivity contribution < 1.29 is 9.21 Å². The Balaban J connectivity index is 1.56. The van der Waals surface area contributed by atoms with Gasteiger partial charge in [-0.3, -0.25) is 10.1 Å². The standard InChI is InChI=1S/C22H19Cl2N3O2S/c1-27(2)18-5-3-17(4-6-18)25-22(30)26-21(28)10-8-19-7-9-20(29-19)14-11-15(23)13-16(24)12-14/h3-13H,1-2H3,(H2,25,26,28,30)/b10-8+. The van der Waals surface area contributed by atoms with Crippen LogP contribution in [0.3, 0.4) is 0 Å². The SMILES string of the molecule is CN(C)c1ccc(NC(=S)NC(=O)/C=C/c2ccc(-c3cc(Cl)cc(Cl)c3)o2)cc1. The molecular weight excluding hydrogens is 441 g/mol. The van der Waals surface area contributed by atoms with Gasteiger partial charge in [0.05, 0.1) is 0 Å². The molecule has 3 rings (SSSR count). The number of nitrogens with zero attached hydrogens (tertiary/aromatic N) is 1. The second-order valence-electron chi connectivity index (χ2n) is 6.58. The van der Waals surface area contributed by atoms with E-state index in [0.717, 1.165) is 16.9 Å². The fourth-order valence-electron chi connectivity index (χ4n) is 2.61. The number of carbonyl (C=O) groups is 1. The Labute approximate surface area is 190 Å². The average molecular weight is 460 g/mol. The zero-order chi connectivity index (χ0) is 21.7. The molecule has 30 heavy (non-hydrogen) atoms. The highest BCUT2D eigenvalue weighted by Gasteiger charge is 2.07. The quantitative estimate of drug-likeness (QED) is 0.370. The molecule has 0 fully saturated rings. The number of thiocarbonyl (C=S) groups is 1. The first kappa shape index (κ1) is 21.9. The Morgan fingerprint density at radius 1 is 1.03 bits per heavy atom. The molecular formula is C22H19Cl2N3O2S. The largest absolute Gasteiger partial charge is 0.457 e. The summed E-state index contributed by atoms with van der Waals surface area (Å²) in [4.78, 5) is 14.1. The molecule has 0 aliphatic rings. The minimum absolute atomic E-state index is 0.205. The van der Waals surface area contributed by atoms with Crippen molar-refractivity contribution in [1.82, 2.24) is 5.32 Å². The minimum Gasteiger partial charge on any atom is -0.457 e. The maximum Gasteiger partial charge on any atom is 0.250 e. The van der Waals surface area contributed by atoms with Gasteiger partial charge in [0, 0.05) is 47.2 Å². The fraction of sp³-hybridized carbons (Fsp3) is 0.0909. The van der Waals surface area contributed by atoms with Crippen LogP contribution >= 0.6 is 35.4 Å². The van der Waals surface area contributed by atoms with E-state index < -0.39 is 0 Å². The van der Waals surface area contributed by atoms with Gasteiger partial charge in [-0.1, -0.05) is 23.2 Å². The highest BCUT2D eigenvalue weighted by Crippen LogP contribution is 2.28. The molecule has 1 aromatic heterocycles. The van der Waals surface area contributed by atoms with Gasteiger partial charge in [0.1, 0.15) is 11.5 Å². The van der Waals surface area contributed by atoms with Gasteiger partial charge in [-0.2, -0.15) is 0 Å². The Bertz CT molecular complexity index is 1070. The van der Waals surface area contributed by atoms with Gasteiger partial charge in [-0.15, -0.1) is 0 Å². The van der Waals surface area contributed by atoms with E-state index in [4.69, 9.17) is 39.8 Å². The van der Waals surface area contributed by atoms with Gasteiger partial charge < -0.3 is 14.6 Å². The number of anilines is 2. The molecule has 0 bridgehead atoms. The van der Waals surface area contributed by atoms with E-state index in [2.05, 4.69) is 10.6 Å². The van der Waals surface area contributed by atoms with Crippen LogP contribution in [0, 0.1) is 0 Å². The first-order valence-corrected chi connectivity index (χ1v) is 10.1. The molecule has 0 spiro atoms. The van der Waals surface area contributed by atoms with Gasteiger partial charge in [-0.05, 0) is 72.9 Å². The molecule has 0 aliphatic heterocycles. The van der Waals surface area contributed by atoms with Crippen LogP contribution in [0.5, 0.6) is 0 Å². The highest BCUT2D eigenvalue weighted by molar-refractivity contribution is 7.80. The summed E-state index contributed by atoms with van der Waals surface area (Å²) in [6.45, 7) is 0. The van der Waals surface area contributed by atoms with Gasteiger partial charge in [-0.25, -0.2) is 0 Å². The molecule has 0 saturated heterocycles. The van der Waals surface area contributed by atoms with Crippen molar-refractivity contribution in [3.63, 3.8) is 0 Å². The van der Waals surface area contributed by atoms with E-state index in [0.29, 0.717) is 21.6 Å². The van der Waals surface area contributed by atoms with Crippen molar-refractivity contribution in [2.45, 2.75) is 0 Å².